The van der Waals surface area contributed by atoms with E-state index in [2.05, 4.69) is 20.8 Å². The van der Waals surface area contributed by atoms with Crippen LogP contribution in [0.4, 0.5) is 10.8 Å². The summed E-state index contributed by atoms with van der Waals surface area (Å²) in [5, 5.41) is 20.6. The number of carbonyl (C=O) groups excluding carboxylic acids is 4. The number of nitrogens with two attached hydrogens (primary N) is 2. The van der Waals surface area contributed by atoms with Crippen molar-refractivity contribution >= 4 is 51.6 Å². The van der Waals surface area contributed by atoms with Gasteiger partial charge in [-0.25, -0.2) is 9.78 Å². The molecule has 190 valence electrons. The molecule has 1 aliphatic heterocycles. The van der Waals surface area contributed by atoms with Crippen LogP contribution in [0.25, 0.3) is 0 Å². The molecule has 3 amide bonds. The van der Waals surface area contributed by atoms with Crippen molar-refractivity contribution in [3.63, 3.8) is 0 Å². The third kappa shape index (κ3) is 5.90. The summed E-state index contributed by atoms with van der Waals surface area (Å²) in [5.74, 6) is -3.25. The molecular formula is C20H21N7O8S. The van der Waals surface area contributed by atoms with E-state index in [1.54, 1.807) is 0 Å². The highest BCUT2D eigenvalue weighted by molar-refractivity contribution is 7.13. The van der Waals surface area contributed by atoms with Gasteiger partial charge in [0.1, 0.15) is 24.4 Å². The maximum atomic E-state index is 12.8. The average molecular weight is 519 g/mol. The van der Waals surface area contributed by atoms with Gasteiger partial charge in [-0.15, -0.1) is 11.3 Å². The fourth-order valence-electron chi connectivity index (χ4n) is 2.81. The van der Waals surface area contributed by atoms with Gasteiger partial charge in [-0.2, -0.15) is 0 Å². The zero-order valence-corrected chi connectivity index (χ0v) is 19.7. The first-order valence-corrected chi connectivity index (χ1v) is 11.1. The minimum absolute atomic E-state index is 0.000374. The van der Waals surface area contributed by atoms with E-state index in [0.717, 1.165) is 11.3 Å². The lowest BCUT2D eigenvalue weighted by Gasteiger charge is -2.34. The number of nitrogens with zero attached hydrogens (tertiary/aromatic N) is 3. The van der Waals surface area contributed by atoms with E-state index in [1.165, 1.54) is 43.5 Å². The van der Waals surface area contributed by atoms with Crippen molar-refractivity contribution in [3.05, 3.63) is 51.0 Å². The zero-order valence-electron chi connectivity index (χ0n) is 18.9. The lowest BCUT2D eigenvalue weighted by molar-refractivity contribution is -0.384. The van der Waals surface area contributed by atoms with E-state index in [-0.39, 0.29) is 23.1 Å². The average Bonchev–Trinajstić information content (AvgIpc) is 3.25. The number of primary amides is 1. The summed E-state index contributed by atoms with van der Waals surface area (Å²) < 4.78 is 5.20. The van der Waals surface area contributed by atoms with Crippen molar-refractivity contribution < 1.29 is 33.7 Å². The maximum Gasteiger partial charge on any atom is 0.353 e. The van der Waals surface area contributed by atoms with Crippen molar-refractivity contribution in [3.8, 4) is 0 Å². The van der Waals surface area contributed by atoms with Gasteiger partial charge in [0.2, 0.25) is 17.4 Å². The van der Waals surface area contributed by atoms with E-state index in [9.17, 15) is 29.3 Å². The number of amides is 3. The Morgan fingerprint density at radius 2 is 1.97 bits per heavy atom. The fourth-order valence-corrected chi connectivity index (χ4v) is 3.36. The predicted octanol–water partition coefficient (Wildman–Crippen LogP) is -0.655. The van der Waals surface area contributed by atoms with Crippen molar-refractivity contribution in [2.24, 2.45) is 10.9 Å². The molecule has 2 heterocycles. The van der Waals surface area contributed by atoms with Gasteiger partial charge < -0.3 is 31.7 Å². The number of ether oxygens (including phenoxy) is 1. The number of hydrogen-bond acceptors (Lipinski definition) is 12. The lowest BCUT2D eigenvalue weighted by atomic mass is 9.98. The Balaban J connectivity index is 1.71. The third-order valence-electron chi connectivity index (χ3n) is 4.86. The molecule has 1 aliphatic rings. The number of oxime groups is 1. The molecule has 1 saturated heterocycles. The fraction of sp³-hybridized carbons (Fsp3) is 0.300. The number of nitro groups is 1. The summed E-state index contributed by atoms with van der Waals surface area (Å²) in [6.07, 6.45) is 0. The number of aromatic nitrogens is 1. The highest BCUT2D eigenvalue weighted by Crippen LogP contribution is 2.18. The first-order chi connectivity index (χ1) is 16.9. The van der Waals surface area contributed by atoms with E-state index in [4.69, 9.17) is 21.0 Å². The van der Waals surface area contributed by atoms with Crippen LogP contribution < -0.4 is 22.1 Å². The van der Waals surface area contributed by atoms with Gasteiger partial charge in [0.05, 0.1) is 4.92 Å². The summed E-state index contributed by atoms with van der Waals surface area (Å²) in [6, 6.07) is 3.08. The van der Waals surface area contributed by atoms with Gasteiger partial charge in [-0.05, 0) is 31.5 Å². The van der Waals surface area contributed by atoms with Crippen LogP contribution in [0.1, 0.15) is 25.1 Å². The SMILES string of the molecule is CC(C)(ON=C(C(=O)N[C@@H]1C(=O)N[C@@H]1C(N)=O)c1csc(N)n1)C(=O)OCc1ccc([N+](=O)[O-])cc1. The molecule has 0 radical (unpaired) electrons. The molecule has 6 N–H and O–H groups in total. The summed E-state index contributed by atoms with van der Waals surface area (Å²) in [6.45, 7) is 2.47. The quantitative estimate of drug-likeness (QED) is 0.102. The van der Waals surface area contributed by atoms with E-state index < -0.39 is 52.0 Å². The van der Waals surface area contributed by atoms with Crippen molar-refractivity contribution in [1.29, 1.82) is 0 Å². The molecule has 0 saturated carbocycles. The smallest absolute Gasteiger partial charge is 0.353 e. The molecule has 2 aromatic rings. The molecule has 1 aromatic heterocycles. The monoisotopic (exact) mass is 519 g/mol. The number of thiazole rings is 1. The summed E-state index contributed by atoms with van der Waals surface area (Å²) >= 11 is 1.01. The van der Waals surface area contributed by atoms with Gasteiger partial charge in [0, 0.05) is 17.5 Å². The predicted molar refractivity (Wildman–Crippen MR) is 124 cm³/mol. The van der Waals surface area contributed by atoms with Crippen molar-refractivity contribution in [1.82, 2.24) is 15.6 Å². The highest BCUT2D eigenvalue weighted by atomic mass is 32.1. The van der Waals surface area contributed by atoms with Crippen molar-refractivity contribution in [2.75, 3.05) is 5.73 Å². The van der Waals surface area contributed by atoms with Crippen LogP contribution >= 0.6 is 11.3 Å². The van der Waals surface area contributed by atoms with Gasteiger partial charge in [-0.3, -0.25) is 24.5 Å². The second-order valence-electron chi connectivity index (χ2n) is 7.95. The van der Waals surface area contributed by atoms with Crippen LogP contribution in [0.2, 0.25) is 0 Å². The molecule has 0 bridgehead atoms. The Kier molecular flexibility index (Phi) is 7.47. The van der Waals surface area contributed by atoms with Crippen LogP contribution in [0, 0.1) is 10.1 Å². The number of rotatable bonds is 10. The molecule has 0 spiro atoms. The number of non-ortho nitro benzene ring substituents is 1. The topological polar surface area (TPSA) is 231 Å². The number of benzene rings is 1. The Morgan fingerprint density at radius 3 is 2.50 bits per heavy atom. The largest absolute Gasteiger partial charge is 0.458 e. The highest BCUT2D eigenvalue weighted by Gasteiger charge is 2.45. The number of β-lactam (4-membered cyclic amide) rings is 1. The molecule has 16 heteroatoms. The third-order valence-corrected chi connectivity index (χ3v) is 5.53. The van der Waals surface area contributed by atoms with Crippen LogP contribution in [0.5, 0.6) is 0 Å². The van der Waals surface area contributed by atoms with Crippen LogP contribution in [0.3, 0.4) is 0 Å². The second-order valence-corrected chi connectivity index (χ2v) is 8.84. The number of nitro benzene ring substituents is 1. The normalized spacial score (nSPS) is 17.4. The van der Waals surface area contributed by atoms with E-state index in [0.29, 0.717) is 5.56 Å². The molecule has 0 unspecified atom stereocenters. The van der Waals surface area contributed by atoms with Gasteiger partial charge in [-0.1, -0.05) is 5.16 Å². The zero-order chi connectivity index (χ0) is 26.6. The number of nitrogens with one attached hydrogen (secondary N) is 2. The van der Waals surface area contributed by atoms with E-state index in [1.807, 2.05) is 0 Å². The second kappa shape index (κ2) is 10.3. The number of nitrogen functional groups attached to an aromatic ring is 1. The Labute approximate surface area is 207 Å². The molecule has 15 nitrogen and oxygen atoms in total. The van der Waals surface area contributed by atoms with E-state index >= 15 is 0 Å². The number of carbonyl (C=O) groups is 4. The summed E-state index contributed by atoms with van der Waals surface area (Å²) in [7, 11) is 0. The minimum Gasteiger partial charge on any atom is -0.458 e. The van der Waals surface area contributed by atoms with Gasteiger partial charge in [0.25, 0.3) is 11.6 Å². The molecule has 0 aliphatic carbocycles. The summed E-state index contributed by atoms with van der Waals surface area (Å²) in [4.78, 5) is 68.0. The molecule has 1 aromatic carbocycles. The van der Waals surface area contributed by atoms with Crippen LogP contribution in [-0.4, -0.2) is 57.0 Å². The summed E-state index contributed by atoms with van der Waals surface area (Å²) in [5.41, 5.74) is 9.11. The standard InChI is InChI=1S/C20H21N7O8S/c1-20(2,18(31)34-7-9-3-5-10(6-4-9)27(32)33)35-26-12(11-8-36-19(22)23-11)16(29)25-14-13(15(21)28)24-17(14)30/h3-6,8,13-14H,7H2,1-2H3,(H2,21,28)(H2,22,23)(H,24,30)(H,25,29)/t13-,14-/m0/s1. The first-order valence-electron chi connectivity index (χ1n) is 10.2. The van der Waals surface area contributed by atoms with Gasteiger partial charge in [0.15, 0.2) is 10.8 Å². The maximum absolute atomic E-state index is 12.8. The van der Waals surface area contributed by atoms with Gasteiger partial charge >= 0.3 is 5.97 Å². The molecule has 3 rings (SSSR count). The Hall–Kier alpha value is -4.60. The number of esters is 1. The lowest BCUT2D eigenvalue weighted by Crippen LogP contribution is -2.73. The van der Waals surface area contributed by atoms with Crippen LogP contribution in [-0.2, 0) is 35.4 Å². The molecule has 36 heavy (non-hydrogen) atoms. The number of hydrogen-bond donors (Lipinski definition) is 4. The van der Waals surface area contributed by atoms with Crippen molar-refractivity contribution in [2.45, 2.75) is 38.1 Å². The molecule has 2 atom stereocenters. The minimum atomic E-state index is -1.68. The molecule has 1 fully saturated rings. The number of anilines is 1. The molecular weight excluding hydrogens is 498 g/mol. The Morgan fingerprint density at radius 1 is 1.31 bits per heavy atom. The Bertz CT molecular complexity index is 1240. The first kappa shape index (κ1) is 26.0. The van der Waals surface area contributed by atoms with Crippen LogP contribution in [0.15, 0.2) is 34.8 Å².